The molecule has 0 radical (unpaired) electrons. The molecular weight excluding hydrogens is 324 g/mol. The Balaban J connectivity index is 1.59. The zero-order chi connectivity index (χ0) is 18.4. The summed E-state index contributed by atoms with van der Waals surface area (Å²) in [4.78, 5) is 0. The van der Waals surface area contributed by atoms with Crippen LogP contribution in [-0.2, 0) is 5.41 Å². The summed E-state index contributed by atoms with van der Waals surface area (Å²) >= 11 is 0. The van der Waals surface area contributed by atoms with Gasteiger partial charge in [0.2, 0.25) is 0 Å². The number of allylic oxidation sites excluding steroid dienone is 4. The van der Waals surface area contributed by atoms with E-state index in [2.05, 4.69) is 111 Å². The maximum Gasteiger partial charge on any atom is 0.0204 e. The number of fused-ring (bicyclic) bond motifs is 3. The predicted molar refractivity (Wildman–Crippen MR) is 114 cm³/mol. The smallest absolute Gasteiger partial charge is 0.0204 e. The van der Waals surface area contributed by atoms with E-state index in [4.69, 9.17) is 0 Å². The molecule has 0 atom stereocenters. The highest BCUT2D eigenvalue weighted by atomic mass is 14.4. The van der Waals surface area contributed by atoms with E-state index in [9.17, 15) is 0 Å². The molecule has 3 aromatic carbocycles. The highest BCUT2D eigenvalue weighted by Gasteiger charge is 2.40. The molecule has 0 aromatic heterocycles. The molecule has 0 heterocycles. The van der Waals surface area contributed by atoms with Gasteiger partial charge in [0.15, 0.2) is 0 Å². The summed E-state index contributed by atoms with van der Waals surface area (Å²) < 4.78 is 0. The third kappa shape index (κ3) is 2.51. The summed E-state index contributed by atoms with van der Waals surface area (Å²) in [6.07, 6.45) is 8.77. The van der Waals surface area contributed by atoms with Crippen molar-refractivity contribution in [3.63, 3.8) is 0 Å². The van der Waals surface area contributed by atoms with Gasteiger partial charge in [-0.2, -0.15) is 0 Å². The van der Waals surface area contributed by atoms with Crippen LogP contribution in [0.3, 0.4) is 0 Å². The second kappa shape index (κ2) is 6.09. The molecule has 0 spiro atoms. The van der Waals surface area contributed by atoms with Crippen LogP contribution in [0.2, 0.25) is 0 Å². The van der Waals surface area contributed by atoms with Gasteiger partial charge in [0, 0.05) is 17.3 Å². The molecule has 3 aromatic rings. The Morgan fingerprint density at radius 1 is 0.630 bits per heavy atom. The van der Waals surface area contributed by atoms with Crippen molar-refractivity contribution in [1.82, 2.24) is 0 Å². The zero-order valence-electron chi connectivity index (χ0n) is 15.9. The van der Waals surface area contributed by atoms with Gasteiger partial charge in [-0.25, -0.2) is 0 Å². The molecule has 0 saturated carbocycles. The van der Waals surface area contributed by atoms with Crippen molar-refractivity contribution in [2.45, 2.75) is 31.1 Å². The van der Waals surface area contributed by atoms with Gasteiger partial charge in [-0.05, 0) is 33.4 Å². The summed E-state index contributed by atoms with van der Waals surface area (Å²) in [5.74, 6) is 0.803. The molecule has 0 bridgehead atoms. The molecule has 0 nitrogen and oxygen atoms in total. The summed E-state index contributed by atoms with van der Waals surface area (Å²) in [6.45, 7) is 4.78. The van der Waals surface area contributed by atoms with E-state index in [1.54, 1.807) is 0 Å². The molecule has 0 amide bonds. The summed E-state index contributed by atoms with van der Waals surface area (Å²) in [6, 6.07) is 27.1. The second-order valence-corrected chi connectivity index (χ2v) is 8.25. The monoisotopic (exact) mass is 348 g/mol. The number of rotatable bonds is 3. The number of hydrogen-bond acceptors (Lipinski definition) is 0. The van der Waals surface area contributed by atoms with E-state index in [0.717, 1.165) is 0 Å². The first-order chi connectivity index (χ1) is 13.2. The lowest BCUT2D eigenvalue weighted by Gasteiger charge is -2.34. The summed E-state index contributed by atoms with van der Waals surface area (Å²) in [7, 11) is 0. The Morgan fingerprint density at radius 3 is 1.70 bits per heavy atom. The molecule has 0 fully saturated rings. The third-order valence-corrected chi connectivity index (χ3v) is 6.34. The number of benzene rings is 3. The minimum absolute atomic E-state index is 0.0165. The first kappa shape index (κ1) is 16.3. The molecule has 0 aliphatic heterocycles. The fraction of sp³-hybridized carbons (Fsp3) is 0.185. The quantitative estimate of drug-likeness (QED) is 0.478. The van der Waals surface area contributed by atoms with Crippen molar-refractivity contribution in [2.75, 3.05) is 0 Å². The van der Waals surface area contributed by atoms with Crippen LogP contribution in [0, 0.1) is 0 Å². The second-order valence-electron chi connectivity index (χ2n) is 8.25. The van der Waals surface area contributed by atoms with Gasteiger partial charge in [0.05, 0.1) is 0 Å². The van der Waals surface area contributed by atoms with E-state index in [1.165, 1.54) is 33.4 Å². The van der Waals surface area contributed by atoms with E-state index in [0.29, 0.717) is 11.8 Å². The van der Waals surface area contributed by atoms with E-state index in [1.807, 2.05) is 0 Å². The maximum atomic E-state index is 2.39. The van der Waals surface area contributed by atoms with E-state index in [-0.39, 0.29) is 5.41 Å². The molecular formula is C27H24. The van der Waals surface area contributed by atoms with E-state index >= 15 is 0 Å². The van der Waals surface area contributed by atoms with Crippen molar-refractivity contribution in [1.29, 1.82) is 0 Å². The normalized spacial score (nSPS) is 15.9. The highest BCUT2D eigenvalue weighted by molar-refractivity contribution is 5.79. The molecule has 0 heteroatoms. The van der Waals surface area contributed by atoms with E-state index < -0.39 is 0 Å². The lowest BCUT2D eigenvalue weighted by molar-refractivity contribution is 0.465. The molecule has 27 heavy (non-hydrogen) atoms. The SMILES string of the molecule is CC(C)(c1ccc(C2C=CC=C2)cc1)C1c2ccccc2-c2ccccc21. The van der Waals surface area contributed by atoms with Gasteiger partial charge in [-0.1, -0.05) is 111 Å². The first-order valence-electron chi connectivity index (χ1n) is 9.80. The fourth-order valence-corrected chi connectivity index (χ4v) is 4.89. The van der Waals surface area contributed by atoms with Gasteiger partial charge >= 0.3 is 0 Å². The summed E-state index contributed by atoms with van der Waals surface area (Å²) in [5, 5.41) is 0. The van der Waals surface area contributed by atoms with Crippen LogP contribution in [0.25, 0.3) is 11.1 Å². The van der Waals surface area contributed by atoms with Crippen molar-refractivity contribution < 1.29 is 0 Å². The lowest BCUT2D eigenvalue weighted by atomic mass is 9.69. The standard InChI is InChI=1S/C27H24/c1-27(2,21-17-15-20(16-18-21)19-9-3-4-10-19)26-24-13-7-5-11-22(24)23-12-6-8-14-25(23)26/h3-19,26H,1-2H3. The maximum absolute atomic E-state index is 2.39. The fourth-order valence-electron chi connectivity index (χ4n) is 4.89. The van der Waals surface area contributed by atoms with Crippen LogP contribution in [0.1, 0.15) is 47.9 Å². The van der Waals surface area contributed by atoms with Gasteiger partial charge < -0.3 is 0 Å². The van der Waals surface area contributed by atoms with Gasteiger partial charge in [-0.3, -0.25) is 0 Å². The minimum atomic E-state index is 0.0165. The average Bonchev–Trinajstić information content (AvgIpc) is 3.35. The van der Waals surface area contributed by atoms with Crippen LogP contribution >= 0.6 is 0 Å². The van der Waals surface area contributed by atoms with Crippen LogP contribution < -0.4 is 0 Å². The van der Waals surface area contributed by atoms with Crippen molar-refractivity contribution >= 4 is 0 Å². The number of hydrogen-bond donors (Lipinski definition) is 0. The van der Waals surface area contributed by atoms with Crippen LogP contribution in [-0.4, -0.2) is 0 Å². The average molecular weight is 348 g/mol. The van der Waals surface area contributed by atoms with Crippen LogP contribution in [0.4, 0.5) is 0 Å². The first-order valence-corrected chi connectivity index (χ1v) is 9.80. The zero-order valence-corrected chi connectivity index (χ0v) is 15.9. The third-order valence-electron chi connectivity index (χ3n) is 6.34. The van der Waals surface area contributed by atoms with Gasteiger partial charge in [0.1, 0.15) is 0 Å². The molecule has 0 unspecified atom stereocenters. The highest BCUT2D eigenvalue weighted by Crippen LogP contribution is 2.53. The topological polar surface area (TPSA) is 0 Å². The molecule has 2 aliphatic carbocycles. The van der Waals surface area contributed by atoms with Crippen LogP contribution in [0.15, 0.2) is 97.1 Å². The summed E-state index contributed by atoms with van der Waals surface area (Å²) in [5.41, 5.74) is 8.47. The molecule has 2 aliphatic rings. The molecule has 5 rings (SSSR count). The lowest BCUT2D eigenvalue weighted by Crippen LogP contribution is -2.26. The Hall–Kier alpha value is -2.86. The van der Waals surface area contributed by atoms with Crippen molar-refractivity contribution in [3.8, 4) is 11.1 Å². The largest absolute Gasteiger partial charge is 0.0732 e. The molecule has 0 saturated heterocycles. The Kier molecular flexibility index (Phi) is 3.68. The van der Waals surface area contributed by atoms with Gasteiger partial charge in [0.25, 0.3) is 0 Å². The molecule has 132 valence electrons. The predicted octanol–water partition coefficient (Wildman–Crippen LogP) is 6.99. The minimum Gasteiger partial charge on any atom is -0.0732 e. The van der Waals surface area contributed by atoms with Crippen molar-refractivity contribution in [2.24, 2.45) is 0 Å². The Morgan fingerprint density at radius 2 is 1.15 bits per heavy atom. The Bertz CT molecular complexity index is 990. The van der Waals surface area contributed by atoms with Crippen molar-refractivity contribution in [3.05, 3.63) is 119 Å². The Labute approximate surface area is 161 Å². The van der Waals surface area contributed by atoms with Crippen LogP contribution in [0.5, 0.6) is 0 Å². The van der Waals surface area contributed by atoms with Gasteiger partial charge in [-0.15, -0.1) is 0 Å². The molecule has 0 N–H and O–H groups in total.